The van der Waals surface area contributed by atoms with Crippen molar-refractivity contribution in [3.63, 3.8) is 0 Å². The molecule has 14 heavy (non-hydrogen) atoms. The Morgan fingerprint density at radius 2 is 2.00 bits per heavy atom. The van der Waals surface area contributed by atoms with Crippen LogP contribution in [0.3, 0.4) is 0 Å². The predicted molar refractivity (Wildman–Crippen MR) is 58.3 cm³/mol. The van der Waals surface area contributed by atoms with Gasteiger partial charge in [-0.1, -0.05) is 13.8 Å². The minimum absolute atomic E-state index is 0.0642. The number of hydrogen-bond donors (Lipinski definition) is 1. The first kappa shape index (κ1) is 10.9. The topological polar surface area (TPSA) is 52.9 Å². The second kappa shape index (κ2) is 3.90. The maximum Gasteiger partial charge on any atom is 0.290 e. The lowest BCUT2D eigenvalue weighted by atomic mass is 10.1. The Morgan fingerprint density at radius 3 is 2.36 bits per heavy atom. The number of nitrogen functional groups attached to an aromatic ring is 1. The van der Waals surface area contributed by atoms with Gasteiger partial charge in [-0.05, 0) is 19.3 Å². The highest BCUT2D eigenvalue weighted by molar-refractivity contribution is 5.41. The highest BCUT2D eigenvalue weighted by atomic mass is 16.1. The molecule has 0 saturated heterocycles. The van der Waals surface area contributed by atoms with Gasteiger partial charge in [-0.2, -0.15) is 0 Å². The van der Waals surface area contributed by atoms with E-state index in [9.17, 15) is 4.79 Å². The highest BCUT2D eigenvalue weighted by Gasteiger charge is 2.14. The minimum atomic E-state index is -0.0642. The third-order valence-corrected chi connectivity index (χ3v) is 2.43. The second-order valence-corrected chi connectivity index (χ2v) is 4.00. The fraction of sp³-hybridized carbons (Fsp3) is 0.700. The monoisotopic (exact) mass is 197 g/mol. The molecule has 0 radical (unpaired) electrons. The Labute approximate surface area is 84.3 Å². The van der Waals surface area contributed by atoms with Gasteiger partial charge in [-0.3, -0.25) is 9.48 Å². The number of aromatic nitrogens is 2. The van der Waals surface area contributed by atoms with E-state index in [1.807, 2.05) is 18.7 Å². The molecule has 4 heteroatoms. The molecule has 1 aromatic heterocycles. The van der Waals surface area contributed by atoms with Gasteiger partial charge in [0.1, 0.15) is 5.69 Å². The summed E-state index contributed by atoms with van der Waals surface area (Å²) in [4.78, 5) is 11.6. The lowest BCUT2D eigenvalue weighted by Gasteiger charge is -2.09. The van der Waals surface area contributed by atoms with Crippen LogP contribution in [0.1, 0.15) is 26.5 Å². The number of nitrogens with two attached hydrogens (primary N) is 1. The summed E-state index contributed by atoms with van der Waals surface area (Å²) < 4.78 is 3.53. The fourth-order valence-corrected chi connectivity index (χ4v) is 1.70. The molecular formula is C10H19N3O. The number of anilines is 1. The number of nitrogens with zero attached hydrogens (tertiary/aromatic N) is 2. The Balaban J connectivity index is 3.23. The van der Waals surface area contributed by atoms with E-state index >= 15 is 0 Å². The Kier molecular flexibility index (Phi) is 3.03. The van der Waals surface area contributed by atoms with E-state index < -0.39 is 0 Å². The minimum Gasteiger partial charge on any atom is -0.393 e. The van der Waals surface area contributed by atoms with Crippen LogP contribution in [0, 0.1) is 5.92 Å². The largest absolute Gasteiger partial charge is 0.393 e. The molecule has 0 aliphatic heterocycles. The summed E-state index contributed by atoms with van der Waals surface area (Å²) in [5.41, 5.74) is 7.07. The maximum atomic E-state index is 11.6. The van der Waals surface area contributed by atoms with E-state index in [0.717, 1.165) is 12.1 Å². The molecular weight excluding hydrogens is 178 g/mol. The van der Waals surface area contributed by atoms with Crippen molar-refractivity contribution in [2.24, 2.45) is 13.0 Å². The van der Waals surface area contributed by atoms with Gasteiger partial charge in [0.15, 0.2) is 0 Å². The Bertz CT molecular complexity index is 373. The zero-order valence-electron chi connectivity index (χ0n) is 9.37. The number of rotatable bonds is 3. The zero-order valence-corrected chi connectivity index (χ0v) is 9.37. The van der Waals surface area contributed by atoms with Crippen molar-refractivity contribution in [3.8, 4) is 0 Å². The van der Waals surface area contributed by atoms with E-state index in [1.165, 1.54) is 0 Å². The molecule has 0 saturated carbocycles. The van der Waals surface area contributed by atoms with Crippen LogP contribution >= 0.6 is 0 Å². The lowest BCUT2D eigenvalue weighted by Crippen LogP contribution is -2.21. The molecule has 0 aromatic carbocycles. The summed E-state index contributed by atoms with van der Waals surface area (Å²) in [6, 6.07) is 0. The van der Waals surface area contributed by atoms with E-state index in [2.05, 4.69) is 13.8 Å². The van der Waals surface area contributed by atoms with Gasteiger partial charge in [0.2, 0.25) is 0 Å². The van der Waals surface area contributed by atoms with Crippen LogP contribution in [0.2, 0.25) is 0 Å². The smallest absolute Gasteiger partial charge is 0.290 e. The fourth-order valence-electron chi connectivity index (χ4n) is 1.70. The van der Waals surface area contributed by atoms with Gasteiger partial charge in [-0.25, -0.2) is 4.68 Å². The molecule has 80 valence electrons. The first-order valence-corrected chi connectivity index (χ1v) is 5.03. The molecule has 0 bridgehead atoms. The van der Waals surface area contributed by atoms with Crippen LogP contribution in [-0.4, -0.2) is 9.36 Å². The Hall–Kier alpha value is -1.19. The average molecular weight is 197 g/mol. The van der Waals surface area contributed by atoms with E-state index in [-0.39, 0.29) is 5.56 Å². The normalized spacial score (nSPS) is 11.2. The van der Waals surface area contributed by atoms with Crippen LogP contribution in [0.15, 0.2) is 4.79 Å². The molecule has 4 nitrogen and oxygen atoms in total. The van der Waals surface area contributed by atoms with Gasteiger partial charge in [-0.15, -0.1) is 0 Å². The van der Waals surface area contributed by atoms with Crippen molar-refractivity contribution in [2.75, 3.05) is 5.73 Å². The van der Waals surface area contributed by atoms with Crippen molar-refractivity contribution in [3.05, 3.63) is 16.0 Å². The summed E-state index contributed by atoms with van der Waals surface area (Å²) in [7, 11) is 1.89. The SMILES string of the molecule is CCn1c(=O)c(N)c(CC(C)C)n1C. The third kappa shape index (κ3) is 1.69. The summed E-state index contributed by atoms with van der Waals surface area (Å²) in [5, 5.41) is 0. The van der Waals surface area contributed by atoms with Gasteiger partial charge in [0, 0.05) is 13.6 Å². The molecule has 1 heterocycles. The maximum absolute atomic E-state index is 11.6. The standard InChI is InChI=1S/C10H19N3O/c1-5-13-10(14)9(11)8(12(13)4)6-7(2)3/h7H,5-6,11H2,1-4H3. The first-order chi connectivity index (χ1) is 6.49. The van der Waals surface area contributed by atoms with Crippen molar-refractivity contribution in [1.82, 2.24) is 9.36 Å². The molecule has 0 atom stereocenters. The summed E-state index contributed by atoms with van der Waals surface area (Å²) in [6.07, 6.45) is 0.852. The molecule has 0 amide bonds. The molecule has 1 rings (SSSR count). The molecule has 0 unspecified atom stereocenters. The molecule has 0 spiro atoms. The van der Waals surface area contributed by atoms with Crippen molar-refractivity contribution in [2.45, 2.75) is 33.7 Å². The van der Waals surface area contributed by atoms with Gasteiger partial charge >= 0.3 is 0 Å². The van der Waals surface area contributed by atoms with Gasteiger partial charge in [0.05, 0.1) is 5.69 Å². The predicted octanol–water partition coefficient (Wildman–Crippen LogP) is 0.987. The van der Waals surface area contributed by atoms with E-state index in [4.69, 9.17) is 5.73 Å². The quantitative estimate of drug-likeness (QED) is 0.785. The average Bonchev–Trinajstić information content (AvgIpc) is 2.30. The van der Waals surface area contributed by atoms with Crippen LogP contribution in [-0.2, 0) is 20.0 Å². The molecule has 1 aromatic rings. The summed E-state index contributed by atoms with van der Waals surface area (Å²) in [5.74, 6) is 0.510. The van der Waals surface area contributed by atoms with Gasteiger partial charge in [0.25, 0.3) is 5.56 Å². The first-order valence-electron chi connectivity index (χ1n) is 5.03. The van der Waals surface area contributed by atoms with E-state index in [1.54, 1.807) is 4.68 Å². The second-order valence-electron chi connectivity index (χ2n) is 4.00. The molecule has 0 aliphatic carbocycles. The van der Waals surface area contributed by atoms with Gasteiger partial charge < -0.3 is 5.73 Å². The van der Waals surface area contributed by atoms with Crippen LogP contribution < -0.4 is 11.3 Å². The summed E-state index contributed by atoms with van der Waals surface area (Å²) in [6.45, 7) is 6.85. The summed E-state index contributed by atoms with van der Waals surface area (Å²) >= 11 is 0. The molecule has 0 fully saturated rings. The van der Waals surface area contributed by atoms with E-state index in [0.29, 0.717) is 18.2 Å². The Morgan fingerprint density at radius 1 is 1.43 bits per heavy atom. The zero-order chi connectivity index (χ0) is 10.9. The highest BCUT2D eigenvalue weighted by Crippen LogP contribution is 2.12. The van der Waals surface area contributed by atoms with Crippen molar-refractivity contribution >= 4 is 5.69 Å². The number of hydrogen-bond acceptors (Lipinski definition) is 2. The lowest BCUT2D eigenvalue weighted by molar-refractivity contribution is 0.488. The molecule has 2 N–H and O–H groups in total. The molecule has 0 aliphatic rings. The van der Waals surface area contributed by atoms with Crippen LogP contribution in [0.5, 0.6) is 0 Å². The van der Waals surface area contributed by atoms with Crippen LogP contribution in [0.4, 0.5) is 5.69 Å². The van der Waals surface area contributed by atoms with Crippen molar-refractivity contribution < 1.29 is 0 Å². The van der Waals surface area contributed by atoms with Crippen molar-refractivity contribution in [1.29, 1.82) is 0 Å². The third-order valence-electron chi connectivity index (χ3n) is 2.43. The van der Waals surface area contributed by atoms with Crippen LogP contribution in [0.25, 0.3) is 0 Å².